The van der Waals surface area contributed by atoms with E-state index in [2.05, 4.69) is 9.88 Å². The SMILES string of the molecule is COc1ccc(S(=O)(=O)NCCc2cc(C)on2)cc1OC. The number of aromatic nitrogens is 1. The predicted octanol–water partition coefficient (Wildman–Crippen LogP) is 1.52. The molecule has 0 saturated heterocycles. The Bertz CT molecular complexity index is 739. The topological polar surface area (TPSA) is 90.7 Å². The quantitative estimate of drug-likeness (QED) is 0.829. The van der Waals surface area contributed by atoms with Crippen molar-refractivity contribution in [1.82, 2.24) is 9.88 Å². The minimum absolute atomic E-state index is 0.112. The van der Waals surface area contributed by atoms with Crippen LogP contribution >= 0.6 is 0 Å². The molecule has 22 heavy (non-hydrogen) atoms. The zero-order chi connectivity index (χ0) is 16.2. The summed E-state index contributed by atoms with van der Waals surface area (Å²) in [7, 11) is -0.682. The van der Waals surface area contributed by atoms with Crippen LogP contribution in [-0.4, -0.2) is 34.3 Å². The van der Waals surface area contributed by atoms with E-state index < -0.39 is 10.0 Å². The zero-order valence-electron chi connectivity index (χ0n) is 12.6. The Balaban J connectivity index is 2.06. The molecular formula is C14H18N2O5S. The lowest BCUT2D eigenvalue weighted by Gasteiger charge is -2.10. The van der Waals surface area contributed by atoms with Gasteiger partial charge in [0.05, 0.1) is 24.8 Å². The fourth-order valence-electron chi connectivity index (χ4n) is 1.92. The highest BCUT2D eigenvalue weighted by Crippen LogP contribution is 2.29. The minimum Gasteiger partial charge on any atom is -0.493 e. The fraction of sp³-hybridized carbons (Fsp3) is 0.357. The molecule has 0 aliphatic heterocycles. The van der Waals surface area contributed by atoms with Crippen molar-refractivity contribution in [3.05, 3.63) is 35.7 Å². The van der Waals surface area contributed by atoms with Crippen LogP contribution in [0.5, 0.6) is 11.5 Å². The monoisotopic (exact) mass is 326 g/mol. The van der Waals surface area contributed by atoms with Gasteiger partial charge in [0.25, 0.3) is 0 Å². The van der Waals surface area contributed by atoms with Gasteiger partial charge < -0.3 is 14.0 Å². The van der Waals surface area contributed by atoms with Crippen LogP contribution in [0.4, 0.5) is 0 Å². The first-order chi connectivity index (χ1) is 10.5. The van der Waals surface area contributed by atoms with Gasteiger partial charge in [-0.15, -0.1) is 0 Å². The summed E-state index contributed by atoms with van der Waals surface area (Å²) in [5.74, 6) is 1.52. The number of hydrogen-bond acceptors (Lipinski definition) is 6. The van der Waals surface area contributed by atoms with Gasteiger partial charge in [0.2, 0.25) is 10.0 Å². The van der Waals surface area contributed by atoms with Crippen LogP contribution in [0.15, 0.2) is 33.7 Å². The van der Waals surface area contributed by atoms with E-state index in [1.807, 2.05) is 0 Å². The molecule has 120 valence electrons. The van der Waals surface area contributed by atoms with Crippen molar-refractivity contribution in [3.63, 3.8) is 0 Å². The molecule has 1 N–H and O–H groups in total. The molecule has 1 heterocycles. The number of nitrogens with one attached hydrogen (secondary N) is 1. The number of rotatable bonds is 7. The number of hydrogen-bond donors (Lipinski definition) is 1. The Hall–Kier alpha value is -2.06. The van der Waals surface area contributed by atoms with Crippen molar-refractivity contribution in [2.24, 2.45) is 0 Å². The summed E-state index contributed by atoms with van der Waals surface area (Å²) in [5, 5.41) is 3.81. The van der Waals surface area contributed by atoms with Gasteiger partial charge in [0.15, 0.2) is 11.5 Å². The second kappa shape index (κ2) is 6.80. The molecule has 8 heteroatoms. The minimum atomic E-state index is -3.63. The first-order valence-electron chi connectivity index (χ1n) is 6.60. The summed E-state index contributed by atoms with van der Waals surface area (Å²) in [5.41, 5.74) is 0.701. The first kappa shape index (κ1) is 16.3. The molecule has 1 aromatic carbocycles. The third-order valence-electron chi connectivity index (χ3n) is 3.02. The summed E-state index contributed by atoms with van der Waals surface area (Å²) in [6, 6.07) is 6.20. The summed E-state index contributed by atoms with van der Waals surface area (Å²) in [6.07, 6.45) is 0.448. The maximum Gasteiger partial charge on any atom is 0.240 e. The Morgan fingerprint density at radius 3 is 2.50 bits per heavy atom. The highest BCUT2D eigenvalue weighted by atomic mass is 32.2. The molecule has 2 rings (SSSR count). The third-order valence-corrected chi connectivity index (χ3v) is 4.47. The second-order valence-electron chi connectivity index (χ2n) is 4.59. The zero-order valence-corrected chi connectivity index (χ0v) is 13.4. The Kier molecular flexibility index (Phi) is 5.04. The van der Waals surface area contributed by atoms with E-state index in [4.69, 9.17) is 14.0 Å². The lowest BCUT2D eigenvalue weighted by Crippen LogP contribution is -2.26. The Labute approximate surface area is 129 Å². The summed E-state index contributed by atoms with van der Waals surface area (Å²) < 4.78 is 42.1. The van der Waals surface area contributed by atoms with Crippen LogP contribution in [0.2, 0.25) is 0 Å². The molecule has 1 aromatic heterocycles. The number of sulfonamides is 1. The fourth-order valence-corrected chi connectivity index (χ4v) is 2.96. The normalized spacial score (nSPS) is 11.4. The number of ether oxygens (including phenoxy) is 2. The summed E-state index contributed by atoms with van der Waals surface area (Å²) in [4.78, 5) is 0.112. The van der Waals surface area contributed by atoms with E-state index in [9.17, 15) is 8.42 Å². The maximum atomic E-state index is 12.2. The molecular weight excluding hydrogens is 308 g/mol. The van der Waals surface area contributed by atoms with Crippen molar-refractivity contribution >= 4 is 10.0 Å². The molecule has 7 nitrogen and oxygen atoms in total. The van der Waals surface area contributed by atoms with Crippen molar-refractivity contribution < 1.29 is 22.4 Å². The second-order valence-corrected chi connectivity index (χ2v) is 6.36. The van der Waals surface area contributed by atoms with Gasteiger partial charge in [-0.05, 0) is 19.1 Å². The smallest absolute Gasteiger partial charge is 0.240 e. The van der Waals surface area contributed by atoms with Gasteiger partial charge in [-0.25, -0.2) is 13.1 Å². The molecule has 0 radical (unpaired) electrons. The molecule has 0 bridgehead atoms. The van der Waals surface area contributed by atoms with Crippen LogP contribution in [0.3, 0.4) is 0 Å². The molecule has 0 saturated carbocycles. The highest BCUT2D eigenvalue weighted by molar-refractivity contribution is 7.89. The molecule has 0 fully saturated rings. The molecule has 0 unspecified atom stereocenters. The van der Waals surface area contributed by atoms with Crippen molar-refractivity contribution in [1.29, 1.82) is 0 Å². The Morgan fingerprint density at radius 1 is 1.18 bits per heavy atom. The highest BCUT2D eigenvalue weighted by Gasteiger charge is 2.16. The summed E-state index contributed by atoms with van der Waals surface area (Å²) >= 11 is 0. The first-order valence-corrected chi connectivity index (χ1v) is 8.08. The van der Waals surface area contributed by atoms with Gasteiger partial charge in [0, 0.05) is 25.1 Å². The summed E-state index contributed by atoms with van der Waals surface area (Å²) in [6.45, 7) is 2.01. The van der Waals surface area contributed by atoms with Crippen LogP contribution in [-0.2, 0) is 16.4 Å². The average Bonchev–Trinajstić information content (AvgIpc) is 2.91. The third kappa shape index (κ3) is 3.77. The van der Waals surface area contributed by atoms with Crippen molar-refractivity contribution in [2.45, 2.75) is 18.2 Å². The van der Waals surface area contributed by atoms with Gasteiger partial charge in [-0.3, -0.25) is 0 Å². The van der Waals surface area contributed by atoms with Gasteiger partial charge in [-0.2, -0.15) is 0 Å². The average molecular weight is 326 g/mol. The number of methoxy groups -OCH3 is 2. The molecule has 2 aromatic rings. The van der Waals surface area contributed by atoms with Crippen LogP contribution in [0, 0.1) is 6.92 Å². The van der Waals surface area contributed by atoms with Crippen LogP contribution in [0.1, 0.15) is 11.5 Å². The lowest BCUT2D eigenvalue weighted by atomic mass is 10.3. The van der Waals surface area contributed by atoms with Crippen molar-refractivity contribution in [3.8, 4) is 11.5 Å². The van der Waals surface area contributed by atoms with Gasteiger partial charge in [0.1, 0.15) is 5.76 Å². The maximum absolute atomic E-state index is 12.2. The lowest BCUT2D eigenvalue weighted by molar-refractivity contribution is 0.354. The van der Waals surface area contributed by atoms with E-state index in [0.29, 0.717) is 29.4 Å². The molecule has 0 spiro atoms. The predicted molar refractivity (Wildman–Crippen MR) is 79.7 cm³/mol. The number of nitrogens with zero attached hydrogens (tertiary/aromatic N) is 1. The standard InChI is InChI=1S/C14H18N2O5S/c1-10-8-11(16-21-10)6-7-15-22(17,18)12-4-5-13(19-2)14(9-12)20-3/h4-5,8-9,15H,6-7H2,1-3H3. The van der Waals surface area contributed by atoms with Crippen LogP contribution < -0.4 is 14.2 Å². The van der Waals surface area contributed by atoms with E-state index in [1.165, 1.54) is 26.4 Å². The largest absolute Gasteiger partial charge is 0.493 e. The van der Waals surface area contributed by atoms with Gasteiger partial charge in [-0.1, -0.05) is 5.16 Å². The van der Waals surface area contributed by atoms with E-state index in [0.717, 1.165) is 0 Å². The number of benzene rings is 1. The molecule has 0 amide bonds. The van der Waals surface area contributed by atoms with Crippen molar-refractivity contribution in [2.75, 3.05) is 20.8 Å². The van der Waals surface area contributed by atoms with E-state index >= 15 is 0 Å². The number of aryl methyl sites for hydroxylation is 1. The van der Waals surface area contributed by atoms with E-state index in [-0.39, 0.29) is 11.4 Å². The molecule has 0 atom stereocenters. The Morgan fingerprint density at radius 2 is 1.91 bits per heavy atom. The molecule has 0 aliphatic rings. The van der Waals surface area contributed by atoms with Gasteiger partial charge >= 0.3 is 0 Å². The molecule has 0 aliphatic carbocycles. The van der Waals surface area contributed by atoms with Crippen LogP contribution in [0.25, 0.3) is 0 Å². The van der Waals surface area contributed by atoms with E-state index in [1.54, 1.807) is 19.1 Å².